The van der Waals surface area contributed by atoms with Gasteiger partial charge in [-0.05, 0) is 6.07 Å². The van der Waals surface area contributed by atoms with Crippen molar-refractivity contribution in [2.75, 3.05) is 6.61 Å². The molecule has 60 valence electrons. The number of fused-ring (bicyclic) bond motifs is 1. The van der Waals surface area contributed by atoms with Crippen LogP contribution in [0.1, 0.15) is 11.7 Å². The summed E-state index contributed by atoms with van der Waals surface area (Å²) >= 11 is 0. The Morgan fingerprint density at radius 3 is 3.08 bits per heavy atom. The molecule has 3 heterocycles. The van der Waals surface area contributed by atoms with Crippen LogP contribution in [-0.2, 0) is 9.47 Å². The summed E-state index contributed by atoms with van der Waals surface area (Å²) in [5, 5.41) is 0. The topological polar surface area (TPSA) is 37.6 Å². The lowest BCUT2D eigenvalue weighted by atomic mass is 10.1. The predicted molar refractivity (Wildman–Crippen MR) is 39.0 cm³/mol. The van der Waals surface area contributed by atoms with Crippen LogP contribution < -0.4 is 4.74 Å². The van der Waals surface area contributed by atoms with Gasteiger partial charge in [0.25, 0.3) is 0 Å². The van der Waals surface area contributed by atoms with Crippen molar-refractivity contribution in [2.45, 2.75) is 11.9 Å². The molecule has 0 aromatic heterocycles. The molecule has 1 aromatic carbocycles. The molecule has 0 amide bonds. The van der Waals surface area contributed by atoms with Crippen molar-refractivity contribution in [3.63, 3.8) is 0 Å². The Balaban J connectivity index is 1.81. The van der Waals surface area contributed by atoms with Crippen LogP contribution in [0.4, 0.5) is 0 Å². The molecule has 1 spiro atoms. The van der Waals surface area contributed by atoms with E-state index in [-0.39, 0.29) is 11.9 Å². The molecule has 3 nitrogen and oxygen atoms in total. The van der Waals surface area contributed by atoms with E-state index in [0.717, 1.165) is 23.7 Å². The molecule has 0 N–H and O–H groups in total. The maximum absolute atomic E-state index is 5.41. The Kier molecular flexibility index (Phi) is 0.643. The standard InChI is InChI=1S/C9H6O3/c1-2-5(7-6(3-1)11-7)8-9(12-8)4-10-9/h1-3,8H,4H2. The minimum atomic E-state index is -0.235. The van der Waals surface area contributed by atoms with Crippen LogP contribution in [-0.4, -0.2) is 12.4 Å². The lowest BCUT2D eigenvalue weighted by molar-refractivity contribution is 0.252. The summed E-state index contributed by atoms with van der Waals surface area (Å²) in [4.78, 5) is 0. The van der Waals surface area contributed by atoms with E-state index in [1.165, 1.54) is 0 Å². The van der Waals surface area contributed by atoms with Gasteiger partial charge in [-0.2, -0.15) is 0 Å². The zero-order valence-electron chi connectivity index (χ0n) is 6.24. The molecule has 2 unspecified atom stereocenters. The van der Waals surface area contributed by atoms with Gasteiger partial charge in [0.05, 0.1) is 0 Å². The second-order valence-corrected chi connectivity index (χ2v) is 3.37. The number of ether oxygens (including phenoxy) is 3. The molecule has 1 aromatic rings. The van der Waals surface area contributed by atoms with Crippen molar-refractivity contribution in [2.24, 2.45) is 0 Å². The van der Waals surface area contributed by atoms with Crippen molar-refractivity contribution in [3.8, 4) is 11.5 Å². The third-order valence-corrected chi connectivity index (χ3v) is 2.55. The highest BCUT2D eigenvalue weighted by molar-refractivity contribution is 5.61. The fraction of sp³-hybridized carbons (Fsp3) is 0.333. The van der Waals surface area contributed by atoms with Gasteiger partial charge in [-0.3, -0.25) is 0 Å². The third kappa shape index (κ3) is 0.519. The zero-order valence-corrected chi connectivity index (χ0v) is 6.24. The summed E-state index contributed by atoms with van der Waals surface area (Å²) in [5.41, 5.74) is 1.14. The highest BCUT2D eigenvalue weighted by atomic mass is 16.9. The van der Waals surface area contributed by atoms with E-state index in [1.54, 1.807) is 0 Å². The van der Waals surface area contributed by atoms with Crippen molar-refractivity contribution in [1.29, 1.82) is 0 Å². The lowest BCUT2D eigenvalue weighted by Gasteiger charge is -1.86. The molecule has 2 atom stereocenters. The van der Waals surface area contributed by atoms with Gasteiger partial charge in [0.1, 0.15) is 12.7 Å². The predicted octanol–water partition coefficient (Wildman–Crippen LogP) is 1.59. The van der Waals surface area contributed by atoms with Crippen LogP contribution in [0.25, 0.3) is 0 Å². The minimum Gasteiger partial charge on any atom is -0.449 e. The third-order valence-electron chi connectivity index (χ3n) is 2.55. The van der Waals surface area contributed by atoms with Gasteiger partial charge >= 0.3 is 0 Å². The second-order valence-electron chi connectivity index (χ2n) is 3.37. The highest BCUT2D eigenvalue weighted by Crippen LogP contribution is 2.64. The molecule has 0 radical (unpaired) electrons. The lowest BCUT2D eigenvalue weighted by Crippen LogP contribution is -1.85. The van der Waals surface area contributed by atoms with Gasteiger partial charge in [0, 0.05) is 5.56 Å². The fourth-order valence-electron chi connectivity index (χ4n) is 1.67. The Hall–Kier alpha value is -1.06. The van der Waals surface area contributed by atoms with Crippen LogP contribution in [0, 0.1) is 0 Å². The van der Waals surface area contributed by atoms with E-state index in [9.17, 15) is 0 Å². The van der Waals surface area contributed by atoms with Gasteiger partial charge in [-0.25, -0.2) is 0 Å². The monoisotopic (exact) mass is 162 g/mol. The first-order valence-electron chi connectivity index (χ1n) is 4.02. The van der Waals surface area contributed by atoms with Crippen LogP contribution in [0.5, 0.6) is 11.5 Å². The van der Waals surface area contributed by atoms with E-state index in [0.29, 0.717) is 0 Å². The van der Waals surface area contributed by atoms with Crippen molar-refractivity contribution < 1.29 is 14.2 Å². The van der Waals surface area contributed by atoms with E-state index in [4.69, 9.17) is 14.2 Å². The Morgan fingerprint density at radius 2 is 2.33 bits per heavy atom. The zero-order chi connectivity index (χ0) is 7.76. The molecule has 4 rings (SSSR count). The molecule has 3 aliphatic heterocycles. The first kappa shape index (κ1) is 5.56. The van der Waals surface area contributed by atoms with Gasteiger partial charge in [0.15, 0.2) is 11.5 Å². The highest BCUT2D eigenvalue weighted by Gasteiger charge is 2.70. The number of rotatable bonds is 1. The van der Waals surface area contributed by atoms with Crippen molar-refractivity contribution >= 4 is 0 Å². The smallest absolute Gasteiger partial charge is 0.224 e. The molecule has 12 heavy (non-hydrogen) atoms. The molecular formula is C9H6O3. The number of para-hydroxylation sites is 1. The number of benzene rings is 1. The van der Waals surface area contributed by atoms with Gasteiger partial charge in [-0.1, -0.05) is 12.1 Å². The Morgan fingerprint density at radius 1 is 1.42 bits per heavy atom. The molecule has 0 aliphatic carbocycles. The number of hydrogen-bond acceptors (Lipinski definition) is 3. The van der Waals surface area contributed by atoms with Crippen molar-refractivity contribution in [1.82, 2.24) is 0 Å². The number of epoxide rings is 2. The molecule has 3 heteroatoms. The maximum Gasteiger partial charge on any atom is 0.224 e. The number of hydrogen-bond donors (Lipinski definition) is 0. The van der Waals surface area contributed by atoms with Crippen LogP contribution >= 0.6 is 0 Å². The Bertz CT molecular complexity index is 381. The van der Waals surface area contributed by atoms with Gasteiger partial charge in [-0.15, -0.1) is 0 Å². The fourth-order valence-corrected chi connectivity index (χ4v) is 1.67. The van der Waals surface area contributed by atoms with Gasteiger partial charge in [0.2, 0.25) is 5.79 Å². The largest absolute Gasteiger partial charge is 0.449 e. The van der Waals surface area contributed by atoms with E-state index < -0.39 is 0 Å². The summed E-state index contributed by atoms with van der Waals surface area (Å²) < 4.78 is 15.8. The van der Waals surface area contributed by atoms with Crippen LogP contribution in [0.3, 0.4) is 0 Å². The SMILES string of the molecule is c1cc2c(c(C3OC34CO4)c1)O2. The van der Waals surface area contributed by atoms with Crippen LogP contribution in [0.15, 0.2) is 18.2 Å². The summed E-state index contributed by atoms with van der Waals surface area (Å²) in [6.45, 7) is 0.737. The van der Waals surface area contributed by atoms with Crippen molar-refractivity contribution in [3.05, 3.63) is 23.8 Å². The second kappa shape index (κ2) is 1.39. The van der Waals surface area contributed by atoms with Crippen LogP contribution in [0.2, 0.25) is 0 Å². The summed E-state index contributed by atoms with van der Waals surface area (Å²) in [7, 11) is 0. The average Bonchev–Trinajstić information content (AvgIpc) is 2.94. The molecule has 3 aliphatic rings. The summed E-state index contributed by atoms with van der Waals surface area (Å²) in [6.07, 6.45) is 0.134. The summed E-state index contributed by atoms with van der Waals surface area (Å²) in [6, 6.07) is 5.98. The molecule has 0 bridgehead atoms. The molecule has 2 saturated heterocycles. The quantitative estimate of drug-likeness (QED) is 0.597. The van der Waals surface area contributed by atoms with E-state index in [1.807, 2.05) is 18.2 Å². The molecule has 2 fully saturated rings. The molecular weight excluding hydrogens is 156 g/mol. The van der Waals surface area contributed by atoms with E-state index >= 15 is 0 Å². The average molecular weight is 162 g/mol. The normalized spacial score (nSPS) is 38.8. The minimum absolute atomic E-state index is 0.134. The first-order chi connectivity index (χ1) is 5.89. The van der Waals surface area contributed by atoms with Gasteiger partial charge < -0.3 is 14.2 Å². The molecule has 0 saturated carbocycles. The Labute approximate surface area is 68.8 Å². The first-order valence-corrected chi connectivity index (χ1v) is 4.02. The maximum atomic E-state index is 5.41. The van der Waals surface area contributed by atoms with E-state index in [2.05, 4.69) is 0 Å². The summed E-state index contributed by atoms with van der Waals surface area (Å²) in [5.74, 6) is 1.75.